The number of rotatable bonds is 6. The summed E-state index contributed by atoms with van der Waals surface area (Å²) in [5.74, 6) is 0.400. The molecule has 7 heteroatoms. The van der Waals surface area contributed by atoms with E-state index < -0.39 is 11.7 Å². The zero-order valence-electron chi connectivity index (χ0n) is 11.5. The molecule has 0 saturated heterocycles. The van der Waals surface area contributed by atoms with Crippen molar-refractivity contribution in [2.24, 2.45) is 5.73 Å². The van der Waals surface area contributed by atoms with Crippen molar-refractivity contribution in [1.29, 1.82) is 0 Å². The van der Waals surface area contributed by atoms with E-state index in [0.717, 1.165) is 18.0 Å². The van der Waals surface area contributed by atoms with Crippen molar-refractivity contribution in [3.05, 3.63) is 36.2 Å². The Bertz CT molecular complexity index is 442. The van der Waals surface area contributed by atoms with Crippen LogP contribution in [0.2, 0.25) is 0 Å². The number of likely N-dealkylation sites (N-methyl/N-ethyl adjacent to an activating group) is 1. The summed E-state index contributed by atoms with van der Waals surface area (Å²) in [4.78, 5) is 5.66. The highest BCUT2D eigenvalue weighted by Gasteiger charge is 2.30. The number of hydrogen-bond acceptors (Lipinski definition) is 4. The zero-order valence-corrected chi connectivity index (χ0v) is 11.5. The average molecular weight is 288 g/mol. The average Bonchev–Trinajstić information content (AvgIpc) is 2.42. The van der Waals surface area contributed by atoms with E-state index in [2.05, 4.69) is 16.9 Å². The third kappa shape index (κ3) is 4.41. The van der Waals surface area contributed by atoms with E-state index in [1.54, 1.807) is 0 Å². The number of pyridine rings is 1. The molecule has 0 aliphatic carbocycles. The summed E-state index contributed by atoms with van der Waals surface area (Å²) in [6, 6.07) is 2.41. The largest absolute Gasteiger partial charge is 0.417 e. The Labute approximate surface area is 116 Å². The smallest absolute Gasteiger partial charge is 0.373 e. The van der Waals surface area contributed by atoms with Crippen LogP contribution in [0.1, 0.15) is 12.5 Å². The van der Waals surface area contributed by atoms with Crippen LogP contribution in [0.25, 0.3) is 0 Å². The number of anilines is 1. The fraction of sp³-hybridized carbons (Fsp3) is 0.462. The van der Waals surface area contributed by atoms with E-state index in [1.807, 2.05) is 18.9 Å². The lowest BCUT2D eigenvalue weighted by Crippen LogP contribution is -2.36. The molecule has 0 fully saturated rings. The summed E-state index contributed by atoms with van der Waals surface area (Å²) < 4.78 is 37.1. The molecular formula is C13H19F3N4. The molecule has 0 saturated carbocycles. The molecule has 0 aromatic carbocycles. The molecule has 0 radical (unpaired) electrons. The summed E-state index contributed by atoms with van der Waals surface area (Å²) in [7, 11) is 1.86. The highest BCUT2D eigenvalue weighted by Crippen LogP contribution is 2.28. The fourth-order valence-electron chi connectivity index (χ4n) is 1.51. The van der Waals surface area contributed by atoms with Gasteiger partial charge in [0.2, 0.25) is 0 Å². The lowest BCUT2D eigenvalue weighted by atomic mass is 10.2. The Hall–Kier alpha value is -1.76. The van der Waals surface area contributed by atoms with Crippen molar-refractivity contribution < 1.29 is 13.2 Å². The maximum Gasteiger partial charge on any atom is 0.417 e. The first kappa shape index (κ1) is 16.3. The molecule has 1 aromatic heterocycles. The van der Waals surface area contributed by atoms with Gasteiger partial charge in [0, 0.05) is 38.1 Å². The minimum Gasteiger partial charge on any atom is -0.373 e. The number of nitrogens with two attached hydrogens (primary N) is 1. The number of nitrogens with zero attached hydrogens (tertiary/aromatic N) is 2. The third-order valence-electron chi connectivity index (χ3n) is 3.06. The summed E-state index contributed by atoms with van der Waals surface area (Å²) in [6.07, 6.45) is -3.55. The molecule has 1 heterocycles. The van der Waals surface area contributed by atoms with Crippen molar-refractivity contribution in [3.63, 3.8) is 0 Å². The van der Waals surface area contributed by atoms with Gasteiger partial charge >= 0.3 is 6.18 Å². The van der Waals surface area contributed by atoms with Crippen LogP contribution in [0.4, 0.5) is 19.0 Å². The monoisotopic (exact) mass is 288 g/mol. The lowest BCUT2D eigenvalue weighted by molar-refractivity contribution is -0.137. The van der Waals surface area contributed by atoms with Crippen LogP contribution in [0.5, 0.6) is 0 Å². The van der Waals surface area contributed by atoms with Crippen molar-refractivity contribution >= 4 is 5.82 Å². The molecule has 3 N–H and O–H groups in total. The second-order valence-corrected chi connectivity index (χ2v) is 4.54. The molecule has 1 unspecified atom stereocenters. The maximum atomic E-state index is 12.4. The Kier molecular flexibility index (Phi) is 5.38. The predicted molar refractivity (Wildman–Crippen MR) is 73.1 cm³/mol. The van der Waals surface area contributed by atoms with Gasteiger partial charge in [0.05, 0.1) is 5.56 Å². The van der Waals surface area contributed by atoms with Crippen LogP contribution in [0.15, 0.2) is 30.6 Å². The summed E-state index contributed by atoms with van der Waals surface area (Å²) in [5, 5.41) is 2.98. The molecule has 0 aliphatic rings. The molecule has 4 nitrogen and oxygen atoms in total. The number of hydrogen-bond donors (Lipinski definition) is 2. The van der Waals surface area contributed by atoms with E-state index in [-0.39, 0.29) is 6.04 Å². The topological polar surface area (TPSA) is 54.2 Å². The molecule has 112 valence electrons. The third-order valence-corrected chi connectivity index (χ3v) is 3.06. The Morgan fingerprint density at radius 1 is 1.50 bits per heavy atom. The van der Waals surface area contributed by atoms with Gasteiger partial charge in [-0.3, -0.25) is 0 Å². The van der Waals surface area contributed by atoms with Gasteiger partial charge in [-0.05, 0) is 19.1 Å². The Morgan fingerprint density at radius 3 is 2.60 bits per heavy atom. The van der Waals surface area contributed by atoms with Crippen LogP contribution in [-0.4, -0.2) is 36.1 Å². The molecule has 1 rings (SSSR count). The van der Waals surface area contributed by atoms with Gasteiger partial charge < -0.3 is 16.0 Å². The second-order valence-electron chi connectivity index (χ2n) is 4.54. The van der Waals surface area contributed by atoms with E-state index in [9.17, 15) is 13.2 Å². The van der Waals surface area contributed by atoms with Crippen LogP contribution >= 0.6 is 0 Å². The first-order valence-corrected chi connectivity index (χ1v) is 6.13. The molecule has 1 atom stereocenters. The van der Waals surface area contributed by atoms with E-state index in [0.29, 0.717) is 18.9 Å². The molecule has 1 aromatic rings. The van der Waals surface area contributed by atoms with Gasteiger partial charge in [-0.1, -0.05) is 6.58 Å². The quantitative estimate of drug-likeness (QED) is 0.843. The molecular weight excluding hydrogens is 269 g/mol. The Balaban J connectivity index is 2.56. The zero-order chi connectivity index (χ0) is 15.3. The van der Waals surface area contributed by atoms with E-state index >= 15 is 0 Å². The van der Waals surface area contributed by atoms with Crippen molar-refractivity contribution in [2.45, 2.75) is 19.1 Å². The van der Waals surface area contributed by atoms with Crippen LogP contribution in [-0.2, 0) is 6.18 Å². The highest BCUT2D eigenvalue weighted by atomic mass is 19.4. The Morgan fingerprint density at radius 2 is 2.15 bits per heavy atom. The van der Waals surface area contributed by atoms with Gasteiger partial charge in [0.25, 0.3) is 0 Å². The van der Waals surface area contributed by atoms with Crippen molar-refractivity contribution in [2.75, 3.05) is 25.5 Å². The number of alkyl halides is 3. The van der Waals surface area contributed by atoms with Crippen LogP contribution in [0, 0.1) is 0 Å². The predicted octanol–water partition coefficient (Wildman–Crippen LogP) is 2.30. The van der Waals surface area contributed by atoms with E-state index in [4.69, 9.17) is 5.73 Å². The fourth-order valence-corrected chi connectivity index (χ4v) is 1.51. The van der Waals surface area contributed by atoms with Gasteiger partial charge in [-0.25, -0.2) is 4.98 Å². The summed E-state index contributed by atoms with van der Waals surface area (Å²) in [6.45, 7) is 6.66. The lowest BCUT2D eigenvalue weighted by Gasteiger charge is -2.28. The van der Waals surface area contributed by atoms with Gasteiger partial charge in [0.1, 0.15) is 5.82 Å². The molecule has 0 bridgehead atoms. The van der Waals surface area contributed by atoms with Crippen LogP contribution in [0.3, 0.4) is 0 Å². The van der Waals surface area contributed by atoms with Crippen LogP contribution < -0.4 is 11.1 Å². The summed E-state index contributed by atoms with van der Waals surface area (Å²) in [5.41, 5.74) is 5.53. The second kappa shape index (κ2) is 6.60. The molecule has 20 heavy (non-hydrogen) atoms. The molecule has 0 amide bonds. The number of aromatic nitrogens is 1. The minimum absolute atomic E-state index is 0.0927. The number of halogens is 3. The standard InChI is InChI=1S/C13H19F3N4/c1-9(6-17)20(3)10(2)7-18-12-5-4-11(8-19-12)13(14,15)16/h4-5,8,10H,1,6-7,17H2,2-3H3,(H,18,19). The normalized spacial score (nSPS) is 12.9. The highest BCUT2D eigenvalue weighted by molar-refractivity contribution is 5.36. The van der Waals surface area contributed by atoms with Gasteiger partial charge in [-0.2, -0.15) is 13.2 Å². The summed E-state index contributed by atoms with van der Waals surface area (Å²) >= 11 is 0. The van der Waals surface area contributed by atoms with Gasteiger partial charge in [-0.15, -0.1) is 0 Å². The van der Waals surface area contributed by atoms with Crippen molar-refractivity contribution in [1.82, 2.24) is 9.88 Å². The van der Waals surface area contributed by atoms with E-state index in [1.165, 1.54) is 6.07 Å². The molecule has 0 spiro atoms. The first-order chi connectivity index (χ1) is 9.25. The SMILES string of the molecule is C=C(CN)N(C)C(C)CNc1ccc(C(F)(F)F)cn1. The number of nitrogens with one attached hydrogen (secondary N) is 1. The van der Waals surface area contributed by atoms with Gasteiger partial charge in [0.15, 0.2) is 0 Å². The first-order valence-electron chi connectivity index (χ1n) is 6.13. The van der Waals surface area contributed by atoms with Crippen molar-refractivity contribution in [3.8, 4) is 0 Å². The minimum atomic E-state index is -4.36. The molecule has 0 aliphatic heterocycles. The maximum absolute atomic E-state index is 12.4.